The Hall–Kier alpha value is -1.40. The van der Waals surface area contributed by atoms with E-state index in [-0.39, 0.29) is 16.8 Å². The smallest absolute Gasteiger partial charge is 0.253 e. The highest BCUT2D eigenvalue weighted by molar-refractivity contribution is 7.89. The first-order valence-electron chi connectivity index (χ1n) is 9.78. The minimum Gasteiger partial charge on any atom is -0.338 e. The van der Waals surface area contributed by atoms with E-state index >= 15 is 0 Å². The van der Waals surface area contributed by atoms with Gasteiger partial charge in [-0.25, -0.2) is 8.42 Å². The molecule has 0 bridgehead atoms. The summed E-state index contributed by atoms with van der Waals surface area (Å²) in [5.74, 6) is 0.400. The van der Waals surface area contributed by atoms with Crippen molar-refractivity contribution >= 4 is 15.9 Å². The van der Waals surface area contributed by atoms with E-state index in [1.807, 2.05) is 11.9 Å². The molecule has 0 spiro atoms. The van der Waals surface area contributed by atoms with E-state index in [4.69, 9.17) is 0 Å². The average molecular weight is 379 g/mol. The number of piperidine rings is 1. The summed E-state index contributed by atoms with van der Waals surface area (Å²) >= 11 is 0. The third-order valence-electron chi connectivity index (χ3n) is 5.92. The fraction of sp³-hybridized carbons (Fsp3) is 0.650. The number of nitrogens with zero attached hydrogens (tertiary/aromatic N) is 2. The van der Waals surface area contributed by atoms with Crippen LogP contribution in [-0.4, -0.2) is 49.7 Å². The SMILES string of the molecule is CC1CCCCC1N(C)C(=O)c1cccc(S(=O)(=O)N2CCCCC2)c1. The molecule has 0 N–H and O–H groups in total. The molecule has 2 aliphatic rings. The Labute approximate surface area is 157 Å². The normalized spacial score (nSPS) is 25.0. The lowest BCUT2D eigenvalue weighted by Crippen LogP contribution is -2.42. The Bertz CT molecular complexity index is 741. The van der Waals surface area contributed by atoms with Crippen molar-refractivity contribution < 1.29 is 13.2 Å². The van der Waals surface area contributed by atoms with Crippen molar-refractivity contribution in [1.29, 1.82) is 0 Å². The van der Waals surface area contributed by atoms with E-state index in [0.717, 1.165) is 38.5 Å². The van der Waals surface area contributed by atoms with Gasteiger partial charge in [-0.2, -0.15) is 4.31 Å². The van der Waals surface area contributed by atoms with Gasteiger partial charge in [-0.1, -0.05) is 32.3 Å². The van der Waals surface area contributed by atoms with Crippen LogP contribution in [0.15, 0.2) is 29.2 Å². The number of hydrogen-bond acceptors (Lipinski definition) is 3. The van der Waals surface area contributed by atoms with Gasteiger partial charge in [0.2, 0.25) is 10.0 Å². The molecule has 2 unspecified atom stereocenters. The molecule has 144 valence electrons. The summed E-state index contributed by atoms with van der Waals surface area (Å²) in [4.78, 5) is 15.0. The van der Waals surface area contributed by atoms with Crippen LogP contribution in [0.25, 0.3) is 0 Å². The second-order valence-corrected chi connectivity index (χ2v) is 9.68. The van der Waals surface area contributed by atoms with Gasteiger partial charge >= 0.3 is 0 Å². The quantitative estimate of drug-likeness (QED) is 0.805. The Morgan fingerprint density at radius 2 is 1.77 bits per heavy atom. The highest BCUT2D eigenvalue weighted by atomic mass is 32.2. The molecule has 1 aliphatic carbocycles. The molecule has 1 aromatic carbocycles. The first-order valence-corrected chi connectivity index (χ1v) is 11.2. The van der Waals surface area contributed by atoms with Crippen LogP contribution in [0.2, 0.25) is 0 Å². The average Bonchev–Trinajstić information content (AvgIpc) is 2.68. The van der Waals surface area contributed by atoms with Crippen LogP contribution in [0, 0.1) is 5.92 Å². The fourth-order valence-electron chi connectivity index (χ4n) is 4.27. The van der Waals surface area contributed by atoms with Crippen LogP contribution in [0.4, 0.5) is 0 Å². The van der Waals surface area contributed by atoms with Crippen molar-refractivity contribution in [2.45, 2.75) is 62.8 Å². The van der Waals surface area contributed by atoms with Crippen LogP contribution in [0.1, 0.15) is 62.2 Å². The van der Waals surface area contributed by atoms with Gasteiger partial charge in [0, 0.05) is 31.7 Å². The summed E-state index contributed by atoms with van der Waals surface area (Å²) < 4.78 is 27.3. The van der Waals surface area contributed by atoms with Gasteiger partial charge in [-0.05, 0) is 49.8 Å². The number of carbonyl (C=O) groups excluding carboxylic acids is 1. The molecule has 1 amide bonds. The zero-order valence-corrected chi connectivity index (χ0v) is 16.7. The zero-order valence-electron chi connectivity index (χ0n) is 15.9. The predicted octanol–water partition coefficient (Wildman–Crippen LogP) is 3.51. The summed E-state index contributed by atoms with van der Waals surface area (Å²) in [7, 11) is -1.67. The third-order valence-corrected chi connectivity index (χ3v) is 7.81. The topological polar surface area (TPSA) is 57.7 Å². The number of hydrogen-bond donors (Lipinski definition) is 0. The number of benzene rings is 1. The first kappa shape index (κ1) is 19.4. The van der Waals surface area contributed by atoms with Crippen molar-refractivity contribution in [2.24, 2.45) is 5.92 Å². The molecule has 0 radical (unpaired) electrons. The Morgan fingerprint density at radius 1 is 1.08 bits per heavy atom. The van der Waals surface area contributed by atoms with Crippen LogP contribution in [-0.2, 0) is 10.0 Å². The van der Waals surface area contributed by atoms with Gasteiger partial charge in [0.1, 0.15) is 0 Å². The van der Waals surface area contributed by atoms with Gasteiger partial charge in [0.05, 0.1) is 4.90 Å². The zero-order chi connectivity index (χ0) is 18.7. The maximum Gasteiger partial charge on any atom is 0.253 e. The van der Waals surface area contributed by atoms with E-state index in [0.29, 0.717) is 24.6 Å². The molecule has 1 saturated heterocycles. The molecule has 26 heavy (non-hydrogen) atoms. The first-order chi connectivity index (χ1) is 12.4. The molecule has 5 nitrogen and oxygen atoms in total. The molecule has 1 saturated carbocycles. The summed E-state index contributed by atoms with van der Waals surface area (Å²) in [5, 5.41) is 0. The molecule has 1 heterocycles. The molecule has 3 rings (SSSR count). The number of carbonyl (C=O) groups is 1. The molecule has 2 atom stereocenters. The Morgan fingerprint density at radius 3 is 2.46 bits per heavy atom. The maximum absolute atomic E-state index is 13.0. The molecular formula is C20H30N2O3S. The second-order valence-electron chi connectivity index (χ2n) is 7.74. The van der Waals surface area contributed by atoms with Crippen molar-refractivity contribution in [3.8, 4) is 0 Å². The highest BCUT2D eigenvalue weighted by Crippen LogP contribution is 2.29. The van der Waals surface area contributed by atoms with Gasteiger partial charge in [0.15, 0.2) is 0 Å². The molecule has 1 aliphatic heterocycles. The molecule has 0 aromatic heterocycles. The van der Waals surface area contributed by atoms with Gasteiger partial charge in [0.25, 0.3) is 5.91 Å². The largest absolute Gasteiger partial charge is 0.338 e. The van der Waals surface area contributed by atoms with Crippen LogP contribution >= 0.6 is 0 Å². The summed E-state index contributed by atoms with van der Waals surface area (Å²) in [6.45, 7) is 3.34. The minimum absolute atomic E-state index is 0.0838. The van der Waals surface area contributed by atoms with Crippen LogP contribution in [0.5, 0.6) is 0 Å². The molecule has 2 fully saturated rings. The van der Waals surface area contributed by atoms with Crippen molar-refractivity contribution in [3.63, 3.8) is 0 Å². The van der Waals surface area contributed by atoms with Crippen molar-refractivity contribution in [3.05, 3.63) is 29.8 Å². The molecule has 6 heteroatoms. The lowest BCUT2D eigenvalue weighted by atomic mass is 9.85. The monoisotopic (exact) mass is 378 g/mol. The van der Waals surface area contributed by atoms with Gasteiger partial charge in [-0.15, -0.1) is 0 Å². The van der Waals surface area contributed by atoms with Crippen LogP contribution < -0.4 is 0 Å². The van der Waals surface area contributed by atoms with E-state index in [1.165, 1.54) is 6.42 Å². The van der Waals surface area contributed by atoms with E-state index < -0.39 is 10.0 Å². The van der Waals surface area contributed by atoms with Gasteiger partial charge < -0.3 is 4.90 Å². The summed E-state index contributed by atoms with van der Waals surface area (Å²) in [6, 6.07) is 6.79. The maximum atomic E-state index is 13.0. The van der Waals surface area contributed by atoms with E-state index in [9.17, 15) is 13.2 Å². The number of amides is 1. The van der Waals surface area contributed by atoms with Crippen molar-refractivity contribution in [1.82, 2.24) is 9.21 Å². The molecule has 1 aromatic rings. The number of sulfonamides is 1. The lowest BCUT2D eigenvalue weighted by Gasteiger charge is -2.36. The standard InChI is InChI=1S/C20H30N2O3S/c1-16-9-4-5-12-19(16)21(2)20(23)17-10-8-11-18(15-17)26(24,25)22-13-6-3-7-14-22/h8,10-11,15-16,19H,3-7,9,12-14H2,1-2H3. The second kappa shape index (κ2) is 8.09. The summed E-state index contributed by atoms with van der Waals surface area (Å²) in [6.07, 6.45) is 7.43. The van der Waals surface area contributed by atoms with Crippen LogP contribution in [0.3, 0.4) is 0 Å². The van der Waals surface area contributed by atoms with E-state index in [2.05, 4.69) is 6.92 Å². The summed E-state index contributed by atoms with van der Waals surface area (Å²) in [5.41, 5.74) is 0.461. The minimum atomic E-state index is -3.52. The van der Waals surface area contributed by atoms with Crippen molar-refractivity contribution in [2.75, 3.05) is 20.1 Å². The highest BCUT2D eigenvalue weighted by Gasteiger charge is 2.30. The Balaban J connectivity index is 1.81. The third kappa shape index (κ3) is 3.96. The van der Waals surface area contributed by atoms with Gasteiger partial charge in [-0.3, -0.25) is 4.79 Å². The molecular weight excluding hydrogens is 348 g/mol. The van der Waals surface area contributed by atoms with E-state index in [1.54, 1.807) is 28.6 Å². The lowest BCUT2D eigenvalue weighted by molar-refractivity contribution is 0.0628. The Kier molecular flexibility index (Phi) is 6.03. The number of rotatable bonds is 4. The predicted molar refractivity (Wildman–Crippen MR) is 103 cm³/mol. The fourth-order valence-corrected chi connectivity index (χ4v) is 5.83.